The number of alkyl halides is 3. The molecule has 2 aliphatic rings. The SMILES string of the molecule is C=C1N=C(NC(=O)Nc2ccccc2OC(F)(F)F)NC=C1c1ccc(CN2CCC(N)CC2)cc1. The highest BCUT2D eigenvalue weighted by Gasteiger charge is 2.32. The molecule has 4 rings (SSSR count). The summed E-state index contributed by atoms with van der Waals surface area (Å²) in [6.07, 6.45) is -1.21. The Hall–Kier alpha value is -3.83. The molecule has 0 saturated carbocycles. The molecular formula is C25H27F3N6O2. The molecule has 8 nitrogen and oxygen atoms in total. The van der Waals surface area contributed by atoms with Crippen molar-refractivity contribution in [2.24, 2.45) is 10.7 Å². The molecule has 1 fully saturated rings. The molecule has 0 bridgehead atoms. The lowest BCUT2D eigenvalue weighted by Gasteiger charge is -2.30. The Kier molecular flexibility index (Phi) is 7.61. The third-order valence-electron chi connectivity index (χ3n) is 5.81. The van der Waals surface area contributed by atoms with Gasteiger partial charge in [0.2, 0.25) is 5.96 Å². The van der Waals surface area contributed by atoms with Crippen molar-refractivity contribution in [3.05, 3.63) is 78.1 Å². The molecular weight excluding hydrogens is 473 g/mol. The first kappa shape index (κ1) is 25.3. The third-order valence-corrected chi connectivity index (χ3v) is 5.81. The van der Waals surface area contributed by atoms with Crippen molar-refractivity contribution in [2.75, 3.05) is 18.4 Å². The van der Waals surface area contributed by atoms with Crippen molar-refractivity contribution < 1.29 is 22.7 Å². The van der Waals surface area contributed by atoms with E-state index in [0.717, 1.165) is 49.7 Å². The zero-order chi connectivity index (χ0) is 25.7. The molecule has 0 atom stereocenters. The molecule has 2 heterocycles. The number of nitrogens with one attached hydrogen (secondary N) is 3. The number of rotatable bonds is 5. The predicted molar refractivity (Wildman–Crippen MR) is 132 cm³/mol. The summed E-state index contributed by atoms with van der Waals surface area (Å²) >= 11 is 0. The molecule has 36 heavy (non-hydrogen) atoms. The molecule has 2 aromatic rings. The Morgan fingerprint density at radius 3 is 2.50 bits per heavy atom. The number of ether oxygens (including phenoxy) is 1. The summed E-state index contributed by atoms with van der Waals surface area (Å²) in [6, 6.07) is 12.8. The molecule has 11 heteroatoms. The second-order valence-electron chi connectivity index (χ2n) is 8.54. The van der Waals surface area contributed by atoms with Gasteiger partial charge in [-0.2, -0.15) is 0 Å². The number of carbonyl (C=O) groups excluding carboxylic acids is 1. The molecule has 2 aromatic carbocycles. The smallest absolute Gasteiger partial charge is 0.404 e. The number of carbonyl (C=O) groups is 1. The number of piperidine rings is 1. The largest absolute Gasteiger partial charge is 0.573 e. The lowest BCUT2D eigenvalue weighted by atomic mass is 10.0. The number of halogens is 3. The highest BCUT2D eigenvalue weighted by molar-refractivity contribution is 6.05. The maximum absolute atomic E-state index is 12.6. The number of urea groups is 1. The topological polar surface area (TPSA) is 104 Å². The van der Waals surface area contributed by atoms with E-state index in [2.05, 4.69) is 49.3 Å². The van der Waals surface area contributed by atoms with E-state index in [4.69, 9.17) is 5.73 Å². The van der Waals surface area contributed by atoms with E-state index in [0.29, 0.717) is 11.7 Å². The number of para-hydroxylation sites is 2. The van der Waals surface area contributed by atoms with Gasteiger partial charge in [0, 0.05) is 24.4 Å². The number of nitrogens with zero attached hydrogens (tertiary/aromatic N) is 2. The number of allylic oxidation sites excluding steroid dienone is 1. The van der Waals surface area contributed by atoms with Crippen LogP contribution in [0.4, 0.5) is 23.7 Å². The summed E-state index contributed by atoms with van der Waals surface area (Å²) in [5, 5.41) is 7.65. The summed E-state index contributed by atoms with van der Waals surface area (Å²) in [5.74, 6) is -0.451. The van der Waals surface area contributed by atoms with Crippen LogP contribution in [0.5, 0.6) is 5.75 Å². The van der Waals surface area contributed by atoms with E-state index < -0.39 is 18.1 Å². The van der Waals surface area contributed by atoms with Crippen LogP contribution in [0.3, 0.4) is 0 Å². The van der Waals surface area contributed by atoms with Crippen LogP contribution in [0.25, 0.3) is 5.57 Å². The van der Waals surface area contributed by atoms with Gasteiger partial charge in [0.1, 0.15) is 0 Å². The molecule has 0 radical (unpaired) electrons. The van der Waals surface area contributed by atoms with Crippen LogP contribution in [-0.2, 0) is 6.54 Å². The molecule has 0 unspecified atom stereocenters. The third kappa shape index (κ3) is 6.86. The predicted octanol–water partition coefficient (Wildman–Crippen LogP) is 4.14. The van der Waals surface area contributed by atoms with Gasteiger partial charge in [-0.1, -0.05) is 43.0 Å². The number of amides is 2. The first-order valence-electron chi connectivity index (χ1n) is 11.4. The maximum Gasteiger partial charge on any atom is 0.573 e. The first-order valence-corrected chi connectivity index (χ1v) is 11.4. The van der Waals surface area contributed by atoms with Gasteiger partial charge in [-0.3, -0.25) is 10.2 Å². The molecule has 190 valence electrons. The van der Waals surface area contributed by atoms with E-state index in [-0.39, 0.29) is 11.6 Å². The number of aliphatic imine (C=N–C) groups is 1. The molecule has 1 saturated heterocycles. The Morgan fingerprint density at radius 1 is 1.14 bits per heavy atom. The zero-order valence-electron chi connectivity index (χ0n) is 19.4. The van der Waals surface area contributed by atoms with Crippen LogP contribution in [-0.4, -0.2) is 42.4 Å². The number of nitrogens with two attached hydrogens (primary N) is 1. The number of hydrogen-bond donors (Lipinski definition) is 4. The minimum atomic E-state index is -4.89. The highest BCUT2D eigenvalue weighted by Crippen LogP contribution is 2.30. The van der Waals surface area contributed by atoms with Gasteiger partial charge in [0.15, 0.2) is 5.75 Å². The standard InChI is InChI=1S/C25H27F3N6O2/c1-16-20(18-8-6-17(7-9-18)15-34-12-10-19(29)11-13-34)14-30-23(31-16)33-24(35)32-21-4-2-3-5-22(21)36-25(26,27)28/h2-9,14,19H,1,10-13,15,29H2,(H3,30,31,32,33,35). The Bertz CT molecular complexity index is 1170. The average Bonchev–Trinajstić information content (AvgIpc) is 2.82. The van der Waals surface area contributed by atoms with Crippen LogP contribution < -0.4 is 26.4 Å². The Labute approximate surface area is 206 Å². The summed E-state index contributed by atoms with van der Waals surface area (Å²) < 4.78 is 41.7. The van der Waals surface area contributed by atoms with E-state index >= 15 is 0 Å². The number of likely N-dealkylation sites (tertiary alicyclic amines) is 1. The van der Waals surface area contributed by atoms with Crippen LogP contribution in [0.2, 0.25) is 0 Å². The van der Waals surface area contributed by atoms with E-state index in [1.54, 1.807) is 6.20 Å². The fourth-order valence-electron chi connectivity index (χ4n) is 3.97. The van der Waals surface area contributed by atoms with Gasteiger partial charge in [-0.05, 0) is 49.2 Å². The Morgan fingerprint density at radius 2 is 1.83 bits per heavy atom. The van der Waals surface area contributed by atoms with Crippen LogP contribution in [0, 0.1) is 0 Å². The number of hydrogen-bond acceptors (Lipinski definition) is 6. The van der Waals surface area contributed by atoms with Gasteiger partial charge < -0.3 is 21.1 Å². The van der Waals surface area contributed by atoms with Crippen molar-refractivity contribution in [1.82, 2.24) is 15.5 Å². The van der Waals surface area contributed by atoms with Gasteiger partial charge in [0.05, 0.1) is 11.4 Å². The van der Waals surface area contributed by atoms with E-state index in [1.807, 2.05) is 12.1 Å². The monoisotopic (exact) mass is 500 g/mol. The van der Waals surface area contributed by atoms with Crippen molar-refractivity contribution in [3.8, 4) is 5.75 Å². The minimum Gasteiger partial charge on any atom is -0.404 e. The van der Waals surface area contributed by atoms with Crippen molar-refractivity contribution in [3.63, 3.8) is 0 Å². The molecule has 5 N–H and O–H groups in total. The molecule has 0 aromatic heterocycles. The van der Waals surface area contributed by atoms with Gasteiger partial charge in [-0.15, -0.1) is 13.2 Å². The van der Waals surface area contributed by atoms with Crippen LogP contribution in [0.1, 0.15) is 24.0 Å². The lowest BCUT2D eigenvalue weighted by molar-refractivity contribution is -0.274. The Balaban J connectivity index is 1.33. The average molecular weight is 501 g/mol. The fourth-order valence-corrected chi connectivity index (χ4v) is 3.97. The molecule has 0 aliphatic carbocycles. The van der Waals surface area contributed by atoms with Crippen molar-refractivity contribution in [1.29, 1.82) is 0 Å². The van der Waals surface area contributed by atoms with Gasteiger partial charge in [-0.25, -0.2) is 9.79 Å². The summed E-state index contributed by atoms with van der Waals surface area (Å²) in [6.45, 7) is 6.81. The second kappa shape index (κ2) is 10.8. The maximum atomic E-state index is 12.6. The van der Waals surface area contributed by atoms with Crippen molar-refractivity contribution in [2.45, 2.75) is 31.8 Å². The minimum absolute atomic E-state index is 0.0791. The highest BCUT2D eigenvalue weighted by atomic mass is 19.4. The molecule has 2 amide bonds. The fraction of sp³-hybridized carbons (Fsp3) is 0.280. The van der Waals surface area contributed by atoms with Crippen LogP contribution in [0.15, 0.2) is 72.0 Å². The quantitative estimate of drug-likeness (QED) is 0.494. The van der Waals surface area contributed by atoms with Crippen LogP contribution >= 0.6 is 0 Å². The van der Waals surface area contributed by atoms with Gasteiger partial charge >= 0.3 is 12.4 Å². The molecule has 2 aliphatic heterocycles. The number of guanidine groups is 1. The van der Waals surface area contributed by atoms with E-state index in [9.17, 15) is 18.0 Å². The normalized spacial score (nSPS) is 17.1. The lowest BCUT2D eigenvalue weighted by Crippen LogP contribution is -2.42. The summed E-state index contributed by atoms with van der Waals surface area (Å²) in [7, 11) is 0. The molecule has 0 spiro atoms. The number of anilines is 1. The first-order chi connectivity index (χ1) is 17.2. The number of benzene rings is 2. The van der Waals surface area contributed by atoms with E-state index in [1.165, 1.54) is 23.8 Å². The van der Waals surface area contributed by atoms with Gasteiger partial charge in [0.25, 0.3) is 0 Å². The zero-order valence-corrected chi connectivity index (χ0v) is 19.4. The summed E-state index contributed by atoms with van der Waals surface area (Å²) in [4.78, 5) is 19.0. The second-order valence-corrected chi connectivity index (χ2v) is 8.54. The summed E-state index contributed by atoms with van der Waals surface area (Å²) in [5.41, 5.74) is 9.10. The van der Waals surface area contributed by atoms with Crippen molar-refractivity contribution >= 4 is 23.3 Å².